The van der Waals surface area contributed by atoms with E-state index < -0.39 is 0 Å². The van der Waals surface area contributed by atoms with Crippen LogP contribution in [0.4, 0.5) is 11.5 Å². The number of nitrogens with zero attached hydrogens (tertiary/aromatic N) is 2. The average Bonchev–Trinajstić information content (AvgIpc) is 2.83. The van der Waals surface area contributed by atoms with E-state index in [9.17, 15) is 0 Å². The van der Waals surface area contributed by atoms with Gasteiger partial charge in [0.05, 0.1) is 5.69 Å². The zero-order valence-electron chi connectivity index (χ0n) is 10.2. The third kappa shape index (κ3) is 2.46. The van der Waals surface area contributed by atoms with Gasteiger partial charge in [0, 0.05) is 25.3 Å². The first kappa shape index (κ1) is 11.2. The number of nitrogens with one attached hydrogen (secondary N) is 1. The van der Waals surface area contributed by atoms with Gasteiger partial charge in [-0.05, 0) is 38.3 Å². The summed E-state index contributed by atoms with van der Waals surface area (Å²) in [5.41, 5.74) is 1.18. The van der Waals surface area contributed by atoms with Crippen LogP contribution in [0.25, 0.3) is 0 Å². The molecule has 1 atom stereocenters. The van der Waals surface area contributed by atoms with Gasteiger partial charge in [0.25, 0.3) is 0 Å². The third-order valence-electron chi connectivity index (χ3n) is 3.21. The number of hydrogen-bond donors (Lipinski definition) is 1. The van der Waals surface area contributed by atoms with Crippen LogP contribution in [0, 0.1) is 0 Å². The summed E-state index contributed by atoms with van der Waals surface area (Å²) >= 11 is 0. The molecule has 0 bridgehead atoms. The molecule has 1 aromatic heterocycles. The number of anilines is 2. The van der Waals surface area contributed by atoms with Gasteiger partial charge in [0.15, 0.2) is 5.82 Å². The second kappa shape index (κ2) is 5.19. The zero-order chi connectivity index (χ0) is 11.4. The van der Waals surface area contributed by atoms with Crippen molar-refractivity contribution in [3.05, 3.63) is 18.3 Å². The van der Waals surface area contributed by atoms with E-state index in [0.29, 0.717) is 6.04 Å². The Balaban J connectivity index is 2.16. The van der Waals surface area contributed by atoms with E-state index >= 15 is 0 Å². The maximum absolute atomic E-state index is 4.51. The van der Waals surface area contributed by atoms with Crippen LogP contribution in [0.15, 0.2) is 18.3 Å². The Kier molecular flexibility index (Phi) is 3.65. The highest BCUT2D eigenvalue weighted by atomic mass is 15.2. The lowest BCUT2D eigenvalue weighted by Crippen LogP contribution is -2.22. The van der Waals surface area contributed by atoms with Crippen molar-refractivity contribution in [2.75, 3.05) is 23.3 Å². The molecule has 1 N–H and O–H groups in total. The summed E-state index contributed by atoms with van der Waals surface area (Å²) in [6.45, 7) is 6.70. The van der Waals surface area contributed by atoms with Gasteiger partial charge in [-0.2, -0.15) is 0 Å². The minimum Gasteiger partial charge on any atom is -0.380 e. The molecule has 3 heteroatoms. The molecule has 1 saturated heterocycles. The fraction of sp³-hybridized carbons (Fsp3) is 0.615. The summed E-state index contributed by atoms with van der Waals surface area (Å²) < 4.78 is 0. The van der Waals surface area contributed by atoms with Gasteiger partial charge in [-0.15, -0.1) is 0 Å². The Hall–Kier alpha value is -1.25. The van der Waals surface area contributed by atoms with Crippen LogP contribution in [-0.4, -0.2) is 24.1 Å². The molecule has 0 saturated carbocycles. The van der Waals surface area contributed by atoms with Gasteiger partial charge >= 0.3 is 0 Å². The van der Waals surface area contributed by atoms with Crippen molar-refractivity contribution < 1.29 is 0 Å². The smallest absolute Gasteiger partial charge is 0.151 e. The normalized spacial score (nSPS) is 17.5. The van der Waals surface area contributed by atoms with Crippen molar-refractivity contribution in [2.24, 2.45) is 0 Å². The van der Waals surface area contributed by atoms with E-state index in [-0.39, 0.29) is 0 Å². The molecule has 1 aliphatic rings. The summed E-state index contributed by atoms with van der Waals surface area (Å²) in [6.07, 6.45) is 5.60. The molecule has 2 heterocycles. The third-order valence-corrected chi connectivity index (χ3v) is 3.21. The van der Waals surface area contributed by atoms with Crippen LogP contribution in [-0.2, 0) is 0 Å². The molecule has 0 spiro atoms. The van der Waals surface area contributed by atoms with E-state index in [4.69, 9.17) is 0 Å². The Morgan fingerprint density at radius 3 is 2.88 bits per heavy atom. The Morgan fingerprint density at radius 1 is 1.44 bits per heavy atom. The highest BCUT2D eigenvalue weighted by Gasteiger charge is 2.17. The van der Waals surface area contributed by atoms with Crippen LogP contribution in [0.2, 0.25) is 0 Å². The lowest BCUT2D eigenvalue weighted by molar-refractivity contribution is 0.761. The Labute approximate surface area is 97.9 Å². The minimum absolute atomic E-state index is 0.505. The largest absolute Gasteiger partial charge is 0.380 e. The summed E-state index contributed by atoms with van der Waals surface area (Å²) in [5.74, 6) is 1.13. The van der Waals surface area contributed by atoms with Crippen LogP contribution < -0.4 is 10.2 Å². The summed E-state index contributed by atoms with van der Waals surface area (Å²) in [6, 6.07) is 4.64. The molecule has 0 aromatic carbocycles. The summed E-state index contributed by atoms with van der Waals surface area (Å²) in [5, 5.41) is 3.53. The number of rotatable bonds is 4. The molecule has 1 aliphatic heterocycles. The predicted octanol–water partition coefficient (Wildman–Crippen LogP) is 2.89. The molecule has 3 nitrogen and oxygen atoms in total. The highest BCUT2D eigenvalue weighted by molar-refractivity contribution is 5.66. The quantitative estimate of drug-likeness (QED) is 0.844. The first-order valence-corrected chi connectivity index (χ1v) is 6.27. The number of pyridine rings is 1. The molecule has 0 radical (unpaired) electrons. The second-order valence-electron chi connectivity index (χ2n) is 4.52. The molecule has 16 heavy (non-hydrogen) atoms. The van der Waals surface area contributed by atoms with Crippen molar-refractivity contribution in [1.29, 1.82) is 0 Å². The fourth-order valence-corrected chi connectivity index (χ4v) is 2.06. The van der Waals surface area contributed by atoms with Gasteiger partial charge in [0.1, 0.15) is 0 Å². The fourth-order valence-electron chi connectivity index (χ4n) is 2.06. The van der Waals surface area contributed by atoms with Gasteiger partial charge < -0.3 is 10.2 Å². The van der Waals surface area contributed by atoms with Crippen molar-refractivity contribution >= 4 is 11.5 Å². The van der Waals surface area contributed by atoms with Crippen molar-refractivity contribution in [1.82, 2.24) is 4.98 Å². The molecule has 2 rings (SSSR count). The van der Waals surface area contributed by atoms with E-state index in [1.807, 2.05) is 12.3 Å². The van der Waals surface area contributed by atoms with Gasteiger partial charge in [0.2, 0.25) is 0 Å². The molecule has 88 valence electrons. The monoisotopic (exact) mass is 219 g/mol. The van der Waals surface area contributed by atoms with Crippen LogP contribution in [0.5, 0.6) is 0 Å². The van der Waals surface area contributed by atoms with Gasteiger partial charge in [-0.3, -0.25) is 0 Å². The van der Waals surface area contributed by atoms with E-state index in [1.54, 1.807) is 0 Å². The van der Waals surface area contributed by atoms with E-state index in [1.165, 1.54) is 18.5 Å². The average molecular weight is 219 g/mol. The van der Waals surface area contributed by atoms with Crippen molar-refractivity contribution in [2.45, 2.75) is 39.2 Å². The first-order chi connectivity index (χ1) is 7.81. The lowest BCUT2D eigenvalue weighted by Gasteiger charge is -2.22. The molecule has 0 amide bonds. The van der Waals surface area contributed by atoms with Crippen LogP contribution >= 0.6 is 0 Å². The molecule has 1 fully saturated rings. The first-order valence-electron chi connectivity index (χ1n) is 6.27. The Bertz CT molecular complexity index is 332. The van der Waals surface area contributed by atoms with E-state index in [0.717, 1.165) is 25.3 Å². The molecular formula is C13H21N3. The summed E-state index contributed by atoms with van der Waals surface area (Å²) in [4.78, 5) is 6.89. The van der Waals surface area contributed by atoms with Crippen LogP contribution in [0.3, 0.4) is 0 Å². The Morgan fingerprint density at radius 2 is 2.19 bits per heavy atom. The van der Waals surface area contributed by atoms with Gasteiger partial charge in [-0.1, -0.05) is 6.92 Å². The number of hydrogen-bond acceptors (Lipinski definition) is 3. The summed E-state index contributed by atoms with van der Waals surface area (Å²) in [7, 11) is 0. The minimum atomic E-state index is 0.505. The van der Waals surface area contributed by atoms with Gasteiger partial charge in [-0.25, -0.2) is 4.98 Å². The maximum Gasteiger partial charge on any atom is 0.151 e. The molecule has 1 unspecified atom stereocenters. The SMILES string of the molecule is CCC(C)Nc1cccnc1N1CCCC1. The predicted molar refractivity (Wildman–Crippen MR) is 69.1 cm³/mol. The second-order valence-corrected chi connectivity index (χ2v) is 4.52. The number of aromatic nitrogens is 1. The van der Waals surface area contributed by atoms with Crippen molar-refractivity contribution in [3.63, 3.8) is 0 Å². The molecule has 0 aliphatic carbocycles. The lowest BCUT2D eigenvalue weighted by atomic mass is 10.2. The zero-order valence-corrected chi connectivity index (χ0v) is 10.2. The molecule has 1 aromatic rings. The maximum atomic E-state index is 4.51. The standard InChI is InChI=1S/C13H21N3/c1-3-11(2)15-12-7-6-8-14-13(12)16-9-4-5-10-16/h6-8,11,15H,3-5,9-10H2,1-2H3. The van der Waals surface area contributed by atoms with Crippen LogP contribution in [0.1, 0.15) is 33.1 Å². The topological polar surface area (TPSA) is 28.2 Å². The molecular weight excluding hydrogens is 198 g/mol. The van der Waals surface area contributed by atoms with E-state index in [2.05, 4.69) is 35.1 Å². The highest BCUT2D eigenvalue weighted by Crippen LogP contribution is 2.26. The van der Waals surface area contributed by atoms with Crippen molar-refractivity contribution in [3.8, 4) is 0 Å².